The highest BCUT2D eigenvalue weighted by Crippen LogP contribution is 2.10. The van der Waals surface area contributed by atoms with E-state index in [1.54, 1.807) is 13.3 Å². The van der Waals surface area contributed by atoms with E-state index < -0.39 is 0 Å². The maximum atomic E-state index is 5.08. The van der Waals surface area contributed by atoms with Gasteiger partial charge in [-0.1, -0.05) is 18.2 Å². The molecule has 0 radical (unpaired) electrons. The van der Waals surface area contributed by atoms with Gasteiger partial charge in [-0.15, -0.1) is 0 Å². The van der Waals surface area contributed by atoms with Crippen molar-refractivity contribution in [2.45, 2.75) is 0 Å². The lowest BCUT2D eigenvalue weighted by Gasteiger charge is -2.00. The number of methoxy groups -OCH3 is 1. The fraction of sp³-hybridized carbons (Fsp3) is 0.0714. The average molecular weight is 226 g/mol. The lowest BCUT2D eigenvalue weighted by Crippen LogP contribution is -1.90. The van der Waals surface area contributed by atoms with Crippen molar-refractivity contribution < 1.29 is 4.74 Å². The first-order chi connectivity index (χ1) is 8.38. The van der Waals surface area contributed by atoms with Gasteiger partial charge < -0.3 is 4.74 Å². The molecule has 17 heavy (non-hydrogen) atoms. The second kappa shape index (κ2) is 5.70. The summed E-state index contributed by atoms with van der Waals surface area (Å²) in [7, 11) is 1.65. The van der Waals surface area contributed by atoms with Crippen molar-refractivity contribution in [1.29, 1.82) is 0 Å². The van der Waals surface area contributed by atoms with Crippen LogP contribution in [0.4, 0.5) is 5.69 Å². The van der Waals surface area contributed by atoms with Crippen molar-refractivity contribution in [3.8, 4) is 5.75 Å². The summed E-state index contributed by atoms with van der Waals surface area (Å²) in [5.74, 6) is 0.846. The number of nitrogens with one attached hydrogen (secondary N) is 1. The SMILES string of the molecule is COc1ccc(/C=N/Nc2ccccc2)cc1. The maximum absolute atomic E-state index is 5.08. The van der Waals surface area contributed by atoms with Crippen LogP contribution in [0.3, 0.4) is 0 Å². The zero-order valence-corrected chi connectivity index (χ0v) is 9.63. The van der Waals surface area contributed by atoms with Gasteiger partial charge in [0.05, 0.1) is 19.0 Å². The number of nitrogens with zero attached hydrogens (tertiary/aromatic N) is 1. The monoisotopic (exact) mass is 226 g/mol. The van der Waals surface area contributed by atoms with Crippen LogP contribution in [-0.2, 0) is 0 Å². The highest BCUT2D eigenvalue weighted by molar-refractivity contribution is 5.80. The minimum Gasteiger partial charge on any atom is -0.497 e. The summed E-state index contributed by atoms with van der Waals surface area (Å²) in [5.41, 5.74) is 4.95. The van der Waals surface area contributed by atoms with Gasteiger partial charge in [0.25, 0.3) is 0 Å². The van der Waals surface area contributed by atoms with Gasteiger partial charge in [0.1, 0.15) is 5.75 Å². The van der Waals surface area contributed by atoms with E-state index in [0.717, 1.165) is 17.0 Å². The molecule has 0 aliphatic heterocycles. The van der Waals surface area contributed by atoms with Crippen LogP contribution in [0, 0.1) is 0 Å². The summed E-state index contributed by atoms with van der Waals surface area (Å²) in [4.78, 5) is 0. The van der Waals surface area contributed by atoms with Crippen molar-refractivity contribution in [2.75, 3.05) is 12.5 Å². The standard InChI is InChI=1S/C14H14N2O/c1-17-14-9-7-12(8-10-14)11-15-16-13-5-3-2-4-6-13/h2-11,16H,1H3/b15-11+. The number of benzene rings is 2. The fourth-order valence-corrected chi connectivity index (χ4v) is 1.38. The third-order valence-electron chi connectivity index (χ3n) is 2.30. The normalized spacial score (nSPS) is 10.4. The van der Waals surface area contributed by atoms with Gasteiger partial charge in [0.2, 0.25) is 0 Å². The number of rotatable bonds is 4. The minimum atomic E-state index is 0.846. The van der Waals surface area contributed by atoms with Crippen LogP contribution in [0.5, 0.6) is 5.75 Å². The van der Waals surface area contributed by atoms with Crippen molar-refractivity contribution in [3.63, 3.8) is 0 Å². The van der Waals surface area contributed by atoms with Gasteiger partial charge in [-0.2, -0.15) is 5.10 Å². The summed E-state index contributed by atoms with van der Waals surface area (Å²) < 4.78 is 5.08. The Bertz CT molecular complexity index is 477. The smallest absolute Gasteiger partial charge is 0.118 e. The molecule has 0 saturated heterocycles. The number of anilines is 1. The maximum Gasteiger partial charge on any atom is 0.118 e. The molecule has 0 saturated carbocycles. The fourth-order valence-electron chi connectivity index (χ4n) is 1.38. The van der Waals surface area contributed by atoms with Crippen molar-refractivity contribution in [1.82, 2.24) is 0 Å². The molecule has 0 aromatic heterocycles. The van der Waals surface area contributed by atoms with Crippen LogP contribution in [0.15, 0.2) is 59.7 Å². The topological polar surface area (TPSA) is 33.6 Å². The van der Waals surface area contributed by atoms with Gasteiger partial charge >= 0.3 is 0 Å². The predicted molar refractivity (Wildman–Crippen MR) is 70.7 cm³/mol. The van der Waals surface area contributed by atoms with Gasteiger partial charge in [-0.25, -0.2) is 0 Å². The molecule has 3 nitrogen and oxygen atoms in total. The third-order valence-corrected chi connectivity index (χ3v) is 2.30. The molecule has 0 amide bonds. The van der Waals surface area contributed by atoms with Gasteiger partial charge in [0.15, 0.2) is 0 Å². The minimum absolute atomic E-state index is 0.846. The van der Waals surface area contributed by atoms with Crippen LogP contribution in [0.1, 0.15) is 5.56 Å². The molecule has 3 heteroatoms. The largest absolute Gasteiger partial charge is 0.497 e. The van der Waals surface area contributed by atoms with E-state index in [9.17, 15) is 0 Å². The molecule has 0 spiro atoms. The molecular weight excluding hydrogens is 212 g/mol. The Balaban J connectivity index is 1.96. The Hall–Kier alpha value is -2.29. The zero-order chi connectivity index (χ0) is 11.9. The molecule has 86 valence electrons. The van der Waals surface area contributed by atoms with Crippen LogP contribution in [0.25, 0.3) is 0 Å². The quantitative estimate of drug-likeness (QED) is 0.642. The van der Waals surface area contributed by atoms with E-state index >= 15 is 0 Å². The number of ether oxygens (including phenoxy) is 1. The molecule has 2 aromatic carbocycles. The molecule has 0 atom stereocenters. The van der Waals surface area contributed by atoms with E-state index in [4.69, 9.17) is 4.74 Å². The molecule has 1 N–H and O–H groups in total. The Labute approximate surface area is 101 Å². The predicted octanol–water partition coefficient (Wildman–Crippen LogP) is 3.14. The molecule has 0 heterocycles. The zero-order valence-electron chi connectivity index (χ0n) is 9.63. The van der Waals surface area contributed by atoms with Gasteiger partial charge in [-0.3, -0.25) is 5.43 Å². The first-order valence-corrected chi connectivity index (χ1v) is 5.36. The molecule has 0 bridgehead atoms. The van der Waals surface area contributed by atoms with Crippen LogP contribution in [-0.4, -0.2) is 13.3 Å². The Morgan fingerprint density at radius 1 is 1.00 bits per heavy atom. The highest BCUT2D eigenvalue weighted by atomic mass is 16.5. The summed E-state index contributed by atoms with van der Waals surface area (Å²) in [6.07, 6.45) is 1.77. The number of para-hydroxylation sites is 1. The molecule has 0 fully saturated rings. The molecule has 0 unspecified atom stereocenters. The molecular formula is C14H14N2O. The summed E-state index contributed by atoms with van der Waals surface area (Å²) in [6.45, 7) is 0. The summed E-state index contributed by atoms with van der Waals surface area (Å²) in [5, 5.41) is 4.15. The number of hydrogen-bond acceptors (Lipinski definition) is 3. The number of hydrogen-bond donors (Lipinski definition) is 1. The van der Waals surface area contributed by atoms with E-state index in [0.29, 0.717) is 0 Å². The first-order valence-electron chi connectivity index (χ1n) is 5.36. The van der Waals surface area contributed by atoms with E-state index in [2.05, 4.69) is 10.5 Å². The highest BCUT2D eigenvalue weighted by Gasteiger charge is 1.90. The van der Waals surface area contributed by atoms with E-state index in [1.165, 1.54) is 0 Å². The van der Waals surface area contributed by atoms with Crippen LogP contribution >= 0.6 is 0 Å². The van der Waals surface area contributed by atoms with E-state index in [1.807, 2.05) is 54.6 Å². The van der Waals surface area contributed by atoms with E-state index in [-0.39, 0.29) is 0 Å². The summed E-state index contributed by atoms with van der Waals surface area (Å²) in [6, 6.07) is 17.5. The second-order valence-electron chi connectivity index (χ2n) is 3.51. The Morgan fingerprint density at radius 2 is 1.71 bits per heavy atom. The Morgan fingerprint density at radius 3 is 2.35 bits per heavy atom. The molecule has 2 rings (SSSR count). The Kier molecular flexibility index (Phi) is 3.76. The average Bonchev–Trinajstić information content (AvgIpc) is 2.41. The summed E-state index contributed by atoms with van der Waals surface area (Å²) >= 11 is 0. The van der Waals surface area contributed by atoms with Crippen molar-refractivity contribution >= 4 is 11.9 Å². The molecule has 0 aliphatic rings. The number of hydrazone groups is 1. The van der Waals surface area contributed by atoms with Gasteiger partial charge in [-0.05, 0) is 42.0 Å². The second-order valence-corrected chi connectivity index (χ2v) is 3.51. The lowest BCUT2D eigenvalue weighted by molar-refractivity contribution is 0.415. The van der Waals surface area contributed by atoms with Crippen LogP contribution in [0.2, 0.25) is 0 Å². The van der Waals surface area contributed by atoms with Crippen molar-refractivity contribution in [3.05, 3.63) is 60.2 Å². The molecule has 2 aromatic rings. The lowest BCUT2D eigenvalue weighted by atomic mass is 10.2. The van der Waals surface area contributed by atoms with Crippen LogP contribution < -0.4 is 10.2 Å². The molecule has 0 aliphatic carbocycles. The first kappa shape index (κ1) is 11.2. The van der Waals surface area contributed by atoms with Gasteiger partial charge in [0, 0.05) is 0 Å². The van der Waals surface area contributed by atoms with Crippen molar-refractivity contribution in [2.24, 2.45) is 5.10 Å². The third kappa shape index (κ3) is 3.34.